The molecule has 0 radical (unpaired) electrons. The number of hydrogen-bond acceptors (Lipinski definition) is 3. The van der Waals surface area contributed by atoms with Crippen LogP contribution in [-0.2, 0) is 10.1 Å². The predicted molar refractivity (Wildman–Crippen MR) is 160 cm³/mol. The molecule has 1 spiro atoms. The molecule has 3 nitrogen and oxygen atoms in total. The van der Waals surface area contributed by atoms with E-state index in [1.54, 1.807) is 13.8 Å². The molecule has 192 valence electrons. The summed E-state index contributed by atoms with van der Waals surface area (Å²) in [4.78, 5) is 0. The molecule has 0 aromatic heterocycles. The van der Waals surface area contributed by atoms with Gasteiger partial charge < -0.3 is 14.5 Å². The number of rotatable bonds is 4. The first kappa shape index (κ1) is 24.2. The fourth-order valence-electron chi connectivity index (χ4n) is 6.26. The highest BCUT2D eigenvalue weighted by Crippen LogP contribution is 2.63. The van der Waals surface area contributed by atoms with E-state index in [2.05, 4.69) is 91.0 Å². The van der Waals surface area contributed by atoms with Gasteiger partial charge in [-0.3, -0.25) is 0 Å². The van der Waals surface area contributed by atoms with Crippen LogP contribution in [0.2, 0.25) is 0 Å². The van der Waals surface area contributed by atoms with Crippen molar-refractivity contribution in [1.29, 1.82) is 0 Å². The molecule has 2 aliphatic rings. The standard InChI is InChI=1S/C35H31BO3/c1-33(2,37)34(3,4)39-36-23-18-20-25-26-19-17-22-11-5-6-12-24(22)32(26)35(29(25)21-23)27-13-7-9-15-30(27)38-31-16-10-8-14-28(31)35/h5-21,36-37H,1-4H3. The van der Waals surface area contributed by atoms with Crippen molar-refractivity contribution in [3.63, 3.8) is 0 Å². The van der Waals surface area contributed by atoms with Gasteiger partial charge in [0.15, 0.2) is 0 Å². The average molecular weight is 510 g/mol. The van der Waals surface area contributed by atoms with E-state index in [0.717, 1.165) is 28.1 Å². The van der Waals surface area contributed by atoms with Crippen LogP contribution < -0.4 is 10.2 Å². The van der Waals surface area contributed by atoms with Crippen molar-refractivity contribution >= 4 is 23.7 Å². The minimum Gasteiger partial charge on any atom is -0.457 e. The molecule has 1 N–H and O–H groups in total. The topological polar surface area (TPSA) is 38.7 Å². The van der Waals surface area contributed by atoms with E-state index in [-0.39, 0.29) is 0 Å². The van der Waals surface area contributed by atoms with Crippen molar-refractivity contribution in [3.05, 3.63) is 125 Å². The molecule has 1 aliphatic carbocycles. The molecule has 5 aromatic carbocycles. The fraction of sp³-hybridized carbons (Fsp3) is 0.200. The molecular weight excluding hydrogens is 479 g/mol. The summed E-state index contributed by atoms with van der Waals surface area (Å²) in [5.74, 6) is 1.76. The third-order valence-corrected chi connectivity index (χ3v) is 8.96. The first-order valence-corrected chi connectivity index (χ1v) is 13.6. The Morgan fingerprint density at radius 2 is 1.31 bits per heavy atom. The van der Waals surface area contributed by atoms with Crippen LogP contribution in [0.5, 0.6) is 11.5 Å². The first-order valence-electron chi connectivity index (χ1n) is 13.6. The SMILES string of the molecule is CC(C)(O)C(C)(C)OBc1ccc2c(c1)C1(c3ccccc3Oc3ccccc31)c1c-2ccc2ccccc12. The Hall–Kier alpha value is -3.86. The molecule has 0 amide bonds. The Morgan fingerprint density at radius 1 is 0.692 bits per heavy atom. The molecule has 39 heavy (non-hydrogen) atoms. The van der Waals surface area contributed by atoms with Crippen LogP contribution in [-0.4, -0.2) is 23.8 Å². The lowest BCUT2D eigenvalue weighted by Gasteiger charge is -2.40. The lowest BCUT2D eigenvalue weighted by atomic mass is 9.64. The molecule has 0 bridgehead atoms. The largest absolute Gasteiger partial charge is 0.457 e. The molecule has 1 heterocycles. The van der Waals surface area contributed by atoms with Crippen LogP contribution >= 0.6 is 0 Å². The highest BCUT2D eigenvalue weighted by Gasteiger charge is 2.52. The van der Waals surface area contributed by atoms with E-state index >= 15 is 0 Å². The Bertz CT molecular complexity index is 1720. The number of para-hydroxylation sites is 2. The van der Waals surface area contributed by atoms with Crippen LogP contribution in [0.4, 0.5) is 0 Å². The van der Waals surface area contributed by atoms with Crippen molar-refractivity contribution in [1.82, 2.24) is 0 Å². The minimum atomic E-state index is -0.974. The van der Waals surface area contributed by atoms with Crippen LogP contribution in [0.25, 0.3) is 21.9 Å². The third kappa shape index (κ3) is 3.38. The van der Waals surface area contributed by atoms with Gasteiger partial charge >= 0.3 is 7.48 Å². The Balaban J connectivity index is 1.54. The van der Waals surface area contributed by atoms with E-state index in [9.17, 15) is 5.11 Å². The van der Waals surface area contributed by atoms with Gasteiger partial charge in [-0.1, -0.05) is 96.5 Å². The Labute approximate surface area is 230 Å². The van der Waals surface area contributed by atoms with Crippen LogP contribution in [0.1, 0.15) is 49.9 Å². The third-order valence-electron chi connectivity index (χ3n) is 8.96. The van der Waals surface area contributed by atoms with Crippen molar-refractivity contribution in [2.75, 3.05) is 0 Å². The van der Waals surface area contributed by atoms with Gasteiger partial charge in [-0.05, 0) is 72.9 Å². The quantitative estimate of drug-likeness (QED) is 0.263. The van der Waals surface area contributed by atoms with Gasteiger partial charge in [0.25, 0.3) is 0 Å². The first-order chi connectivity index (χ1) is 18.7. The molecule has 0 unspecified atom stereocenters. The van der Waals surface area contributed by atoms with E-state index in [4.69, 9.17) is 9.39 Å². The molecule has 4 heteroatoms. The van der Waals surface area contributed by atoms with Gasteiger partial charge in [0, 0.05) is 11.1 Å². The summed E-state index contributed by atoms with van der Waals surface area (Å²) in [6.07, 6.45) is 0. The number of aliphatic hydroxyl groups is 1. The monoisotopic (exact) mass is 510 g/mol. The summed E-state index contributed by atoms with van der Waals surface area (Å²) in [7, 11) is 0.400. The minimum absolute atomic E-state index is 0.400. The second-order valence-electron chi connectivity index (χ2n) is 11.8. The van der Waals surface area contributed by atoms with Crippen LogP contribution in [0, 0.1) is 0 Å². The maximum atomic E-state index is 10.7. The molecule has 0 fully saturated rings. The van der Waals surface area contributed by atoms with Gasteiger partial charge in [-0.2, -0.15) is 0 Å². The molecule has 1 aliphatic heterocycles. The zero-order chi connectivity index (χ0) is 27.0. The molecule has 0 saturated heterocycles. The fourth-order valence-corrected chi connectivity index (χ4v) is 6.26. The number of benzene rings is 5. The van der Waals surface area contributed by atoms with E-state index < -0.39 is 16.6 Å². The van der Waals surface area contributed by atoms with Gasteiger partial charge in [-0.25, -0.2) is 0 Å². The van der Waals surface area contributed by atoms with Crippen molar-refractivity contribution in [3.8, 4) is 22.6 Å². The van der Waals surface area contributed by atoms with Gasteiger partial charge in [0.05, 0.1) is 16.6 Å². The lowest BCUT2D eigenvalue weighted by Crippen LogP contribution is -2.49. The van der Waals surface area contributed by atoms with Gasteiger partial charge in [0.2, 0.25) is 0 Å². The lowest BCUT2D eigenvalue weighted by molar-refractivity contribution is -0.0893. The number of ether oxygens (including phenoxy) is 1. The smallest absolute Gasteiger partial charge is 0.309 e. The second-order valence-corrected chi connectivity index (χ2v) is 11.8. The van der Waals surface area contributed by atoms with E-state index in [0.29, 0.717) is 7.48 Å². The second kappa shape index (κ2) is 8.32. The zero-order valence-corrected chi connectivity index (χ0v) is 22.8. The Kier molecular flexibility index (Phi) is 5.16. The molecule has 7 rings (SSSR count). The van der Waals surface area contributed by atoms with E-state index in [1.807, 2.05) is 26.0 Å². The summed E-state index contributed by atoms with van der Waals surface area (Å²) in [5, 5.41) is 13.1. The number of fused-ring (bicyclic) bond motifs is 11. The Morgan fingerprint density at radius 3 is 2.00 bits per heavy atom. The van der Waals surface area contributed by atoms with Crippen molar-refractivity contribution in [2.24, 2.45) is 0 Å². The zero-order valence-electron chi connectivity index (χ0n) is 22.8. The average Bonchev–Trinajstić information content (AvgIpc) is 3.22. The van der Waals surface area contributed by atoms with Crippen LogP contribution in [0.15, 0.2) is 103 Å². The predicted octanol–water partition coefficient (Wildman–Crippen LogP) is 6.85. The highest BCUT2D eigenvalue weighted by molar-refractivity contribution is 6.47. The molecule has 5 aromatic rings. The van der Waals surface area contributed by atoms with Gasteiger partial charge in [0.1, 0.15) is 11.5 Å². The highest BCUT2D eigenvalue weighted by atomic mass is 16.5. The molecule has 0 atom stereocenters. The van der Waals surface area contributed by atoms with Crippen molar-refractivity contribution < 1.29 is 14.5 Å². The van der Waals surface area contributed by atoms with Crippen LogP contribution in [0.3, 0.4) is 0 Å². The summed E-state index contributed by atoms with van der Waals surface area (Å²) in [5.41, 5.74) is 6.16. The number of hydrogen-bond donors (Lipinski definition) is 1. The van der Waals surface area contributed by atoms with Crippen molar-refractivity contribution in [2.45, 2.75) is 44.3 Å². The molecular formula is C35H31BO3. The summed E-state index contributed by atoms with van der Waals surface area (Å²) in [6.45, 7) is 7.47. The summed E-state index contributed by atoms with van der Waals surface area (Å²) >= 11 is 0. The summed E-state index contributed by atoms with van der Waals surface area (Å²) < 4.78 is 12.8. The molecule has 0 saturated carbocycles. The maximum absolute atomic E-state index is 10.7. The summed E-state index contributed by atoms with van der Waals surface area (Å²) in [6, 6.07) is 36.8. The maximum Gasteiger partial charge on any atom is 0.309 e. The van der Waals surface area contributed by atoms with Gasteiger partial charge in [-0.15, -0.1) is 0 Å². The van der Waals surface area contributed by atoms with E-state index in [1.165, 1.54) is 33.0 Å². The normalized spacial score (nSPS) is 14.8.